The summed E-state index contributed by atoms with van der Waals surface area (Å²) in [5, 5.41) is 0. The minimum Gasteiger partial charge on any atom is -0.344 e. The maximum absolute atomic E-state index is 13.1. The molecular formula is C20H36N2O2. The molecule has 0 spiro atoms. The Hall–Kier alpha value is -0.900. The third kappa shape index (κ3) is 4.38. The lowest BCUT2D eigenvalue weighted by atomic mass is 9.70. The topological polar surface area (TPSA) is 40.6 Å². The van der Waals surface area contributed by atoms with Gasteiger partial charge in [-0.1, -0.05) is 40.5 Å². The summed E-state index contributed by atoms with van der Waals surface area (Å²) >= 11 is 0. The number of amides is 1. The standard InChI is InChI=1S/C20H36N2O2/c1-6-22-13-9-10-15(22)14-21(5)19(24)17-12-8-7-11-16(17)18(23)20(2,3)4/h15-17H,6-14H2,1-5H3/t15-,16+,17?/m0/s1. The van der Waals surface area contributed by atoms with Crippen LogP contribution in [0, 0.1) is 17.3 Å². The molecule has 0 N–H and O–H groups in total. The summed E-state index contributed by atoms with van der Waals surface area (Å²) in [6.07, 6.45) is 6.31. The number of carbonyl (C=O) groups excluding carboxylic acids is 2. The summed E-state index contributed by atoms with van der Waals surface area (Å²) in [4.78, 5) is 30.3. The highest BCUT2D eigenvalue weighted by molar-refractivity contribution is 5.91. The van der Waals surface area contributed by atoms with E-state index in [4.69, 9.17) is 0 Å². The molecule has 1 amide bonds. The van der Waals surface area contributed by atoms with Gasteiger partial charge in [0.25, 0.3) is 0 Å². The highest BCUT2D eigenvalue weighted by Gasteiger charge is 2.41. The van der Waals surface area contributed by atoms with E-state index in [1.54, 1.807) is 0 Å². The molecule has 0 aromatic rings. The van der Waals surface area contributed by atoms with Crippen molar-refractivity contribution in [3.05, 3.63) is 0 Å². The number of likely N-dealkylation sites (tertiary alicyclic amines) is 1. The van der Waals surface area contributed by atoms with Crippen molar-refractivity contribution in [2.75, 3.05) is 26.7 Å². The van der Waals surface area contributed by atoms with E-state index in [1.807, 2.05) is 32.7 Å². The molecule has 0 aromatic carbocycles. The number of rotatable bonds is 5. The minimum atomic E-state index is -0.358. The fraction of sp³-hybridized carbons (Fsp3) is 0.900. The zero-order chi connectivity index (χ0) is 17.9. The van der Waals surface area contributed by atoms with E-state index in [9.17, 15) is 9.59 Å². The van der Waals surface area contributed by atoms with E-state index in [2.05, 4.69) is 11.8 Å². The maximum Gasteiger partial charge on any atom is 0.226 e. The number of Topliss-reactive ketones (excluding diaryl/α,β-unsaturated/α-hetero) is 1. The summed E-state index contributed by atoms with van der Waals surface area (Å²) in [6, 6.07) is 0.490. The molecule has 4 nitrogen and oxygen atoms in total. The Labute approximate surface area is 148 Å². The number of hydrogen-bond donors (Lipinski definition) is 0. The summed E-state index contributed by atoms with van der Waals surface area (Å²) < 4.78 is 0. The van der Waals surface area contributed by atoms with Gasteiger partial charge in [0.15, 0.2) is 0 Å². The Morgan fingerprint density at radius 3 is 2.25 bits per heavy atom. The molecule has 0 radical (unpaired) electrons. The summed E-state index contributed by atoms with van der Waals surface area (Å²) in [5.74, 6) is 0.275. The van der Waals surface area contributed by atoms with Gasteiger partial charge in [0, 0.05) is 36.9 Å². The molecule has 2 fully saturated rings. The molecule has 1 saturated heterocycles. The van der Waals surface area contributed by atoms with Crippen molar-refractivity contribution >= 4 is 11.7 Å². The van der Waals surface area contributed by atoms with Crippen molar-refractivity contribution < 1.29 is 9.59 Å². The first kappa shape index (κ1) is 19.4. The van der Waals surface area contributed by atoms with E-state index in [0.29, 0.717) is 6.04 Å². The molecule has 1 unspecified atom stereocenters. The van der Waals surface area contributed by atoms with Gasteiger partial charge in [0.1, 0.15) is 5.78 Å². The van der Waals surface area contributed by atoms with Crippen LogP contribution in [0.5, 0.6) is 0 Å². The van der Waals surface area contributed by atoms with Gasteiger partial charge in [-0.3, -0.25) is 14.5 Å². The van der Waals surface area contributed by atoms with Gasteiger partial charge in [-0.2, -0.15) is 0 Å². The first-order valence-corrected chi connectivity index (χ1v) is 9.79. The van der Waals surface area contributed by atoms with Crippen LogP contribution in [0.25, 0.3) is 0 Å². The van der Waals surface area contributed by atoms with E-state index < -0.39 is 0 Å². The largest absolute Gasteiger partial charge is 0.344 e. The Balaban J connectivity index is 2.03. The second kappa shape index (κ2) is 7.99. The van der Waals surface area contributed by atoms with Crippen LogP contribution >= 0.6 is 0 Å². The van der Waals surface area contributed by atoms with Crippen LogP contribution in [-0.2, 0) is 9.59 Å². The third-order valence-corrected chi connectivity index (χ3v) is 5.93. The zero-order valence-corrected chi connectivity index (χ0v) is 16.3. The van der Waals surface area contributed by atoms with Gasteiger partial charge in [0.2, 0.25) is 5.91 Å². The van der Waals surface area contributed by atoms with Crippen LogP contribution in [0.2, 0.25) is 0 Å². The van der Waals surface area contributed by atoms with E-state index in [0.717, 1.165) is 45.3 Å². The lowest BCUT2D eigenvalue weighted by Gasteiger charge is -2.36. The molecule has 138 valence electrons. The van der Waals surface area contributed by atoms with Gasteiger partial charge in [-0.05, 0) is 38.8 Å². The second-order valence-electron chi connectivity index (χ2n) is 8.76. The van der Waals surface area contributed by atoms with Crippen molar-refractivity contribution in [1.29, 1.82) is 0 Å². The van der Waals surface area contributed by atoms with Gasteiger partial charge < -0.3 is 4.90 Å². The minimum absolute atomic E-state index is 0.0837. The van der Waals surface area contributed by atoms with E-state index in [1.165, 1.54) is 12.8 Å². The summed E-state index contributed by atoms with van der Waals surface area (Å²) in [7, 11) is 1.93. The number of likely N-dealkylation sites (N-methyl/N-ethyl adjacent to an activating group) is 2. The molecule has 2 rings (SSSR count). The summed E-state index contributed by atoms with van der Waals surface area (Å²) in [6.45, 7) is 11.1. The molecule has 1 aliphatic heterocycles. The van der Waals surface area contributed by atoms with Gasteiger partial charge in [0.05, 0.1) is 0 Å². The van der Waals surface area contributed by atoms with Gasteiger partial charge in [-0.15, -0.1) is 0 Å². The lowest BCUT2D eigenvalue weighted by Crippen LogP contribution is -2.47. The SMILES string of the molecule is CCN1CCC[C@H]1CN(C)C(=O)C1CCCC[C@H]1C(=O)C(C)(C)C. The van der Waals surface area contributed by atoms with Crippen LogP contribution in [0.15, 0.2) is 0 Å². The van der Waals surface area contributed by atoms with Crippen LogP contribution in [0.3, 0.4) is 0 Å². The molecule has 1 saturated carbocycles. The van der Waals surface area contributed by atoms with Crippen molar-refractivity contribution in [3.8, 4) is 0 Å². The predicted molar refractivity (Wildman–Crippen MR) is 97.8 cm³/mol. The Bertz CT molecular complexity index is 455. The molecule has 0 bridgehead atoms. The van der Waals surface area contributed by atoms with Crippen molar-refractivity contribution in [2.24, 2.45) is 17.3 Å². The molecule has 24 heavy (non-hydrogen) atoms. The molecule has 1 heterocycles. The van der Waals surface area contributed by atoms with Gasteiger partial charge >= 0.3 is 0 Å². The molecule has 4 heteroatoms. The average molecular weight is 337 g/mol. The van der Waals surface area contributed by atoms with E-state index in [-0.39, 0.29) is 28.9 Å². The Kier molecular flexibility index (Phi) is 6.46. The van der Waals surface area contributed by atoms with Crippen molar-refractivity contribution in [3.63, 3.8) is 0 Å². The number of nitrogens with zero attached hydrogens (tertiary/aromatic N) is 2. The van der Waals surface area contributed by atoms with Crippen LogP contribution in [0.1, 0.15) is 66.2 Å². The highest BCUT2D eigenvalue weighted by atomic mass is 16.2. The first-order chi connectivity index (χ1) is 11.3. The number of hydrogen-bond acceptors (Lipinski definition) is 3. The highest BCUT2D eigenvalue weighted by Crippen LogP contribution is 2.36. The molecule has 1 aliphatic carbocycles. The molecular weight excluding hydrogens is 300 g/mol. The fourth-order valence-electron chi connectivity index (χ4n) is 4.50. The second-order valence-corrected chi connectivity index (χ2v) is 8.76. The van der Waals surface area contributed by atoms with Crippen molar-refractivity contribution in [1.82, 2.24) is 9.80 Å². The zero-order valence-electron chi connectivity index (χ0n) is 16.3. The molecule has 3 atom stereocenters. The Morgan fingerprint density at radius 2 is 1.67 bits per heavy atom. The maximum atomic E-state index is 13.1. The van der Waals surface area contributed by atoms with Crippen LogP contribution < -0.4 is 0 Å². The smallest absolute Gasteiger partial charge is 0.226 e. The van der Waals surface area contributed by atoms with Crippen LogP contribution in [0.4, 0.5) is 0 Å². The fourth-order valence-corrected chi connectivity index (χ4v) is 4.50. The molecule has 2 aliphatic rings. The quantitative estimate of drug-likeness (QED) is 0.773. The number of carbonyl (C=O) groups is 2. The van der Waals surface area contributed by atoms with Crippen molar-refractivity contribution in [2.45, 2.75) is 72.3 Å². The normalized spacial score (nSPS) is 28.8. The summed E-state index contributed by atoms with van der Waals surface area (Å²) in [5.41, 5.74) is -0.358. The van der Waals surface area contributed by atoms with E-state index >= 15 is 0 Å². The first-order valence-electron chi connectivity index (χ1n) is 9.79. The predicted octanol–water partition coefficient (Wildman–Crippen LogP) is 3.35. The monoisotopic (exact) mass is 336 g/mol. The van der Waals surface area contributed by atoms with Crippen LogP contribution in [-0.4, -0.2) is 54.2 Å². The van der Waals surface area contributed by atoms with Gasteiger partial charge in [-0.25, -0.2) is 0 Å². The molecule has 0 aromatic heterocycles. The lowest BCUT2D eigenvalue weighted by molar-refractivity contribution is -0.145. The number of ketones is 1. The Morgan fingerprint density at radius 1 is 1.04 bits per heavy atom. The third-order valence-electron chi connectivity index (χ3n) is 5.93. The average Bonchev–Trinajstić information content (AvgIpc) is 2.99.